The Labute approximate surface area is 166 Å². The number of hydrogen-bond donors (Lipinski definition) is 0. The fourth-order valence-corrected chi connectivity index (χ4v) is 3.67. The fraction of sp³-hybridized carbons (Fsp3) is 0.455. The molecule has 0 amide bonds. The van der Waals surface area contributed by atoms with Crippen LogP contribution in [0.3, 0.4) is 0 Å². The van der Waals surface area contributed by atoms with Crippen LogP contribution in [0.2, 0.25) is 0 Å². The summed E-state index contributed by atoms with van der Waals surface area (Å²) in [5.41, 5.74) is 4.24. The Morgan fingerprint density at radius 2 is 1.93 bits per heavy atom. The van der Waals surface area contributed by atoms with Crippen LogP contribution in [0.15, 0.2) is 41.1 Å². The van der Waals surface area contributed by atoms with Gasteiger partial charge in [-0.05, 0) is 43.4 Å². The molecule has 4 rings (SSSR count). The lowest BCUT2D eigenvalue weighted by atomic mass is 9.97. The van der Waals surface area contributed by atoms with E-state index in [-0.39, 0.29) is 5.92 Å². The second-order valence-electron chi connectivity index (χ2n) is 7.96. The predicted molar refractivity (Wildman–Crippen MR) is 108 cm³/mol. The molecule has 1 fully saturated rings. The van der Waals surface area contributed by atoms with Crippen molar-refractivity contribution in [1.29, 1.82) is 0 Å². The van der Waals surface area contributed by atoms with Crippen molar-refractivity contribution in [2.24, 2.45) is 0 Å². The van der Waals surface area contributed by atoms with Crippen LogP contribution in [0.5, 0.6) is 0 Å². The van der Waals surface area contributed by atoms with Gasteiger partial charge < -0.3 is 4.42 Å². The molecular formula is C22H27N5O. The van der Waals surface area contributed by atoms with Gasteiger partial charge in [-0.2, -0.15) is 0 Å². The van der Waals surface area contributed by atoms with Crippen LogP contribution in [-0.4, -0.2) is 38.2 Å². The van der Waals surface area contributed by atoms with Gasteiger partial charge in [0.2, 0.25) is 5.89 Å². The van der Waals surface area contributed by atoms with Crippen molar-refractivity contribution < 1.29 is 4.42 Å². The molecule has 0 spiro atoms. The first kappa shape index (κ1) is 18.7. The van der Waals surface area contributed by atoms with Gasteiger partial charge in [0.25, 0.3) is 5.89 Å². The van der Waals surface area contributed by atoms with Gasteiger partial charge in [0.1, 0.15) is 5.69 Å². The van der Waals surface area contributed by atoms with Gasteiger partial charge in [-0.1, -0.05) is 38.1 Å². The van der Waals surface area contributed by atoms with E-state index in [1.165, 1.54) is 11.1 Å². The van der Waals surface area contributed by atoms with E-state index in [1.54, 1.807) is 12.4 Å². The topological polar surface area (TPSA) is 67.9 Å². The number of aromatic nitrogens is 4. The van der Waals surface area contributed by atoms with E-state index in [9.17, 15) is 0 Å². The van der Waals surface area contributed by atoms with Crippen LogP contribution < -0.4 is 0 Å². The van der Waals surface area contributed by atoms with Crippen LogP contribution >= 0.6 is 0 Å². The van der Waals surface area contributed by atoms with Gasteiger partial charge in [0.15, 0.2) is 0 Å². The molecule has 1 atom stereocenters. The minimum Gasteiger partial charge on any atom is -0.419 e. The molecule has 0 bridgehead atoms. The molecule has 1 aromatic carbocycles. The zero-order valence-corrected chi connectivity index (χ0v) is 16.8. The summed E-state index contributed by atoms with van der Waals surface area (Å²) in [6.07, 6.45) is 5.60. The van der Waals surface area contributed by atoms with E-state index in [1.807, 2.05) is 6.92 Å². The third-order valence-electron chi connectivity index (χ3n) is 5.35. The fourth-order valence-electron chi connectivity index (χ4n) is 3.67. The van der Waals surface area contributed by atoms with Crippen LogP contribution in [0.1, 0.15) is 61.2 Å². The highest BCUT2D eigenvalue weighted by molar-refractivity contribution is 5.43. The zero-order valence-electron chi connectivity index (χ0n) is 16.8. The Morgan fingerprint density at radius 3 is 2.64 bits per heavy atom. The molecule has 28 heavy (non-hydrogen) atoms. The summed E-state index contributed by atoms with van der Waals surface area (Å²) in [6, 6.07) is 8.99. The van der Waals surface area contributed by atoms with E-state index in [4.69, 9.17) is 4.42 Å². The van der Waals surface area contributed by atoms with Crippen LogP contribution in [0, 0.1) is 6.92 Å². The van der Waals surface area contributed by atoms with Crippen molar-refractivity contribution in [3.63, 3.8) is 0 Å². The van der Waals surface area contributed by atoms with Crippen LogP contribution in [0.4, 0.5) is 0 Å². The molecule has 1 saturated heterocycles. The molecule has 1 aliphatic heterocycles. The molecule has 0 unspecified atom stereocenters. The Balaban J connectivity index is 1.41. The Hall–Kier alpha value is -2.60. The van der Waals surface area contributed by atoms with E-state index in [0.29, 0.717) is 23.4 Å². The molecule has 2 aromatic heterocycles. The first-order chi connectivity index (χ1) is 13.6. The SMILES string of the molecule is Cc1cnc(-c2nnc([C@H]3CCCN(Cc4ccc(C(C)C)cc4)C3)o2)cn1. The highest BCUT2D eigenvalue weighted by Crippen LogP contribution is 2.28. The van der Waals surface area contributed by atoms with Gasteiger partial charge in [-0.3, -0.25) is 9.88 Å². The summed E-state index contributed by atoms with van der Waals surface area (Å²) in [7, 11) is 0. The second-order valence-corrected chi connectivity index (χ2v) is 7.96. The molecular weight excluding hydrogens is 350 g/mol. The largest absolute Gasteiger partial charge is 0.419 e. The number of hydrogen-bond acceptors (Lipinski definition) is 6. The standard InChI is InChI=1S/C22H27N5O/c1-15(2)18-8-6-17(7-9-18)13-27-10-4-5-19(14-27)21-25-26-22(28-21)20-12-23-16(3)11-24-20/h6-9,11-12,15,19H,4-5,10,13-14H2,1-3H3/t19-/m0/s1. The first-order valence-corrected chi connectivity index (χ1v) is 10.0. The Bertz CT molecular complexity index is 901. The number of benzene rings is 1. The summed E-state index contributed by atoms with van der Waals surface area (Å²) in [6.45, 7) is 9.36. The molecule has 0 aliphatic carbocycles. The second kappa shape index (κ2) is 8.19. The summed E-state index contributed by atoms with van der Waals surface area (Å²) in [5, 5.41) is 8.49. The summed E-state index contributed by atoms with van der Waals surface area (Å²) in [5.74, 6) is 1.99. The Morgan fingerprint density at radius 1 is 1.11 bits per heavy atom. The van der Waals surface area contributed by atoms with Gasteiger partial charge in [-0.15, -0.1) is 10.2 Å². The third kappa shape index (κ3) is 4.28. The van der Waals surface area contributed by atoms with E-state index in [2.05, 4.69) is 63.2 Å². The molecule has 0 N–H and O–H groups in total. The number of rotatable bonds is 5. The normalized spacial score (nSPS) is 17.9. The lowest BCUT2D eigenvalue weighted by molar-refractivity contribution is 0.186. The summed E-state index contributed by atoms with van der Waals surface area (Å²) < 4.78 is 5.94. The van der Waals surface area contributed by atoms with E-state index >= 15 is 0 Å². The lowest BCUT2D eigenvalue weighted by Crippen LogP contribution is -2.34. The minimum atomic E-state index is 0.267. The van der Waals surface area contributed by atoms with Gasteiger partial charge >= 0.3 is 0 Å². The number of likely N-dealkylation sites (tertiary alicyclic amines) is 1. The van der Waals surface area contributed by atoms with Crippen LogP contribution in [-0.2, 0) is 6.54 Å². The highest BCUT2D eigenvalue weighted by Gasteiger charge is 2.26. The lowest BCUT2D eigenvalue weighted by Gasteiger charge is -2.31. The monoisotopic (exact) mass is 377 g/mol. The average Bonchev–Trinajstić information content (AvgIpc) is 3.19. The number of piperidine rings is 1. The maximum Gasteiger partial charge on any atom is 0.267 e. The Kier molecular flexibility index (Phi) is 5.48. The predicted octanol–water partition coefficient (Wildman–Crippen LogP) is 4.34. The van der Waals surface area contributed by atoms with Crippen molar-refractivity contribution in [3.8, 4) is 11.6 Å². The van der Waals surface area contributed by atoms with Crippen molar-refractivity contribution in [3.05, 3.63) is 59.4 Å². The van der Waals surface area contributed by atoms with Crippen LogP contribution in [0.25, 0.3) is 11.6 Å². The molecule has 0 radical (unpaired) electrons. The molecule has 0 saturated carbocycles. The van der Waals surface area contributed by atoms with Gasteiger partial charge in [0, 0.05) is 19.3 Å². The highest BCUT2D eigenvalue weighted by atomic mass is 16.4. The van der Waals surface area contributed by atoms with Gasteiger partial charge in [0.05, 0.1) is 17.8 Å². The maximum atomic E-state index is 5.94. The molecule has 146 valence electrons. The number of nitrogens with zero attached hydrogens (tertiary/aromatic N) is 5. The zero-order chi connectivity index (χ0) is 19.5. The molecule has 3 heterocycles. The van der Waals surface area contributed by atoms with E-state index < -0.39 is 0 Å². The quantitative estimate of drug-likeness (QED) is 0.659. The third-order valence-corrected chi connectivity index (χ3v) is 5.35. The van der Waals surface area contributed by atoms with Crippen molar-refractivity contribution >= 4 is 0 Å². The molecule has 6 heteroatoms. The summed E-state index contributed by atoms with van der Waals surface area (Å²) >= 11 is 0. The molecule has 6 nitrogen and oxygen atoms in total. The molecule has 3 aromatic rings. The minimum absolute atomic E-state index is 0.267. The first-order valence-electron chi connectivity index (χ1n) is 10.0. The van der Waals surface area contributed by atoms with Crippen molar-refractivity contribution in [2.45, 2.75) is 52.0 Å². The van der Waals surface area contributed by atoms with Gasteiger partial charge in [-0.25, -0.2) is 4.98 Å². The number of aryl methyl sites for hydroxylation is 1. The van der Waals surface area contributed by atoms with E-state index in [0.717, 1.165) is 38.2 Å². The van der Waals surface area contributed by atoms with Crippen molar-refractivity contribution in [1.82, 2.24) is 25.1 Å². The van der Waals surface area contributed by atoms with Crippen molar-refractivity contribution in [2.75, 3.05) is 13.1 Å². The average molecular weight is 377 g/mol. The maximum absolute atomic E-state index is 5.94. The smallest absolute Gasteiger partial charge is 0.267 e. The molecule has 1 aliphatic rings. The summed E-state index contributed by atoms with van der Waals surface area (Å²) in [4.78, 5) is 11.1.